The molecule has 1 aromatic carbocycles. The number of amides is 5. The number of carbonyl (C=O) groups excluding carboxylic acids is 5. The lowest BCUT2D eigenvalue weighted by Gasteiger charge is -2.27. The van der Waals surface area contributed by atoms with Gasteiger partial charge in [-0.1, -0.05) is 60.0 Å². The molecule has 2 aliphatic heterocycles. The average Bonchev–Trinajstić information content (AvgIpc) is 3.36. The lowest BCUT2D eigenvalue weighted by molar-refractivity contribution is -0.142. The molecule has 1 aliphatic carbocycles. The van der Waals surface area contributed by atoms with E-state index >= 15 is 0 Å². The van der Waals surface area contributed by atoms with E-state index in [1.807, 2.05) is 48.6 Å². The summed E-state index contributed by atoms with van der Waals surface area (Å²) in [5.74, 6) is -3.63. The smallest absolute Gasteiger partial charge is 0.303 e. The molecule has 208 valence electrons. The van der Waals surface area contributed by atoms with Crippen LogP contribution in [0.3, 0.4) is 0 Å². The van der Waals surface area contributed by atoms with Crippen LogP contribution in [0.4, 0.5) is 0 Å². The van der Waals surface area contributed by atoms with E-state index in [4.69, 9.17) is 5.11 Å². The maximum Gasteiger partial charge on any atom is 0.303 e. The quantitative estimate of drug-likeness (QED) is 0.349. The highest BCUT2D eigenvalue weighted by molar-refractivity contribution is 8.07. The van der Waals surface area contributed by atoms with Crippen LogP contribution < -0.4 is 0 Å². The van der Waals surface area contributed by atoms with E-state index < -0.39 is 41.9 Å². The Balaban J connectivity index is 1.37. The Kier molecular flexibility index (Phi) is 9.78. The first-order valence-corrected chi connectivity index (χ1v) is 14.3. The topological polar surface area (TPSA) is 132 Å². The molecule has 4 rings (SSSR count). The average molecular weight is 582 g/mol. The molecule has 0 atom stereocenters. The van der Waals surface area contributed by atoms with Gasteiger partial charge in [0.2, 0.25) is 5.91 Å². The fourth-order valence-corrected chi connectivity index (χ4v) is 6.00. The van der Waals surface area contributed by atoms with Crippen LogP contribution in [0.15, 0.2) is 80.3 Å². The van der Waals surface area contributed by atoms with Crippen molar-refractivity contribution in [1.29, 1.82) is 0 Å². The predicted molar refractivity (Wildman–Crippen MR) is 149 cm³/mol. The molecule has 3 aliphatic rings. The van der Waals surface area contributed by atoms with Gasteiger partial charge < -0.3 is 10.0 Å². The third-order valence-corrected chi connectivity index (χ3v) is 8.28. The summed E-state index contributed by atoms with van der Waals surface area (Å²) in [7, 11) is 0. The van der Waals surface area contributed by atoms with Crippen LogP contribution in [-0.4, -0.2) is 81.5 Å². The van der Waals surface area contributed by atoms with Gasteiger partial charge in [-0.2, -0.15) is 0 Å². The van der Waals surface area contributed by atoms with Gasteiger partial charge in [0.1, 0.15) is 0 Å². The van der Waals surface area contributed by atoms with E-state index in [9.17, 15) is 28.8 Å². The minimum Gasteiger partial charge on any atom is -0.481 e. The molecule has 0 saturated heterocycles. The van der Waals surface area contributed by atoms with Gasteiger partial charge in [-0.05, 0) is 25.0 Å². The highest BCUT2D eigenvalue weighted by atomic mass is 32.2. The minimum absolute atomic E-state index is 0.0699. The summed E-state index contributed by atoms with van der Waals surface area (Å²) in [6, 6.07) is 9.11. The Morgan fingerprint density at radius 3 is 1.98 bits per heavy atom. The summed E-state index contributed by atoms with van der Waals surface area (Å²) < 4.78 is 0. The van der Waals surface area contributed by atoms with E-state index in [2.05, 4.69) is 0 Å². The second kappa shape index (κ2) is 13.4. The van der Waals surface area contributed by atoms with Crippen molar-refractivity contribution in [3.8, 4) is 0 Å². The maximum absolute atomic E-state index is 12.9. The second-order valence-electron chi connectivity index (χ2n) is 8.99. The van der Waals surface area contributed by atoms with E-state index in [1.54, 1.807) is 0 Å². The molecule has 1 aromatic rings. The Morgan fingerprint density at radius 2 is 1.43 bits per heavy atom. The SMILES string of the molecule is O=C(O)CCC(=O)N(CCN1C(=O)C=C(SC2=CCCC=C2)C1=O)CCN1C(=O)C=C(Sc2ccccc2)C1=O. The number of hydrogen-bond donors (Lipinski definition) is 1. The Labute approximate surface area is 239 Å². The fourth-order valence-electron chi connectivity index (χ4n) is 4.12. The molecule has 0 fully saturated rings. The Hall–Kier alpha value is -3.90. The minimum atomic E-state index is -1.15. The molecule has 0 bridgehead atoms. The Bertz CT molecular complexity index is 1350. The van der Waals surface area contributed by atoms with Gasteiger partial charge in [-0.15, -0.1) is 0 Å². The standard InChI is InChI=1S/C28H27N3O7S2/c32-23(11-12-26(35)36)29(13-15-30-24(33)17-21(27(30)37)39-19-7-3-1-4-8-19)14-16-31-25(34)18-22(28(31)38)40-20-9-5-2-6-10-20/h1,3-5,7-10,17-18H,2,6,11-16H2,(H,35,36). The first kappa shape index (κ1) is 29.1. The fraction of sp³-hybridized carbons (Fsp3) is 0.286. The van der Waals surface area contributed by atoms with Crippen LogP contribution in [0.5, 0.6) is 0 Å². The lowest BCUT2D eigenvalue weighted by atomic mass is 10.2. The molecule has 10 nitrogen and oxygen atoms in total. The number of benzene rings is 1. The second-order valence-corrected chi connectivity index (χ2v) is 11.2. The molecule has 40 heavy (non-hydrogen) atoms. The highest BCUT2D eigenvalue weighted by Gasteiger charge is 2.34. The van der Waals surface area contributed by atoms with Crippen molar-refractivity contribution in [2.24, 2.45) is 0 Å². The maximum atomic E-state index is 12.9. The van der Waals surface area contributed by atoms with Gasteiger partial charge in [-0.3, -0.25) is 38.6 Å². The third kappa shape index (κ3) is 7.39. The number of aliphatic carboxylic acids is 1. The zero-order chi connectivity index (χ0) is 28.6. The van der Waals surface area contributed by atoms with Crippen molar-refractivity contribution in [2.45, 2.75) is 30.6 Å². The largest absolute Gasteiger partial charge is 0.481 e. The van der Waals surface area contributed by atoms with E-state index in [0.717, 1.165) is 44.2 Å². The van der Waals surface area contributed by atoms with Gasteiger partial charge in [0, 0.05) is 54.6 Å². The Morgan fingerprint density at radius 1 is 0.825 bits per heavy atom. The van der Waals surface area contributed by atoms with Crippen LogP contribution >= 0.6 is 23.5 Å². The molecular formula is C28H27N3O7S2. The van der Waals surface area contributed by atoms with Crippen LogP contribution in [0.2, 0.25) is 0 Å². The zero-order valence-electron chi connectivity index (χ0n) is 21.5. The molecule has 5 amide bonds. The van der Waals surface area contributed by atoms with Gasteiger partial charge in [0.15, 0.2) is 0 Å². The molecule has 0 saturated carbocycles. The van der Waals surface area contributed by atoms with E-state index in [1.165, 1.54) is 28.8 Å². The molecule has 0 unspecified atom stereocenters. The molecule has 12 heteroatoms. The molecule has 1 N–H and O–H groups in total. The summed E-state index contributed by atoms with van der Waals surface area (Å²) >= 11 is 2.38. The summed E-state index contributed by atoms with van der Waals surface area (Å²) in [5.41, 5.74) is 0. The van der Waals surface area contributed by atoms with Crippen LogP contribution in [0, 0.1) is 0 Å². The number of nitrogens with zero attached hydrogens (tertiary/aromatic N) is 3. The molecular weight excluding hydrogens is 554 g/mol. The van der Waals surface area contributed by atoms with Gasteiger partial charge in [0.05, 0.1) is 16.2 Å². The van der Waals surface area contributed by atoms with Crippen molar-refractivity contribution < 1.29 is 33.9 Å². The van der Waals surface area contributed by atoms with Crippen LogP contribution in [-0.2, 0) is 28.8 Å². The third-order valence-electron chi connectivity index (χ3n) is 6.21. The first-order chi connectivity index (χ1) is 19.2. The van der Waals surface area contributed by atoms with E-state index in [-0.39, 0.29) is 42.4 Å². The summed E-state index contributed by atoms with van der Waals surface area (Å²) in [4.78, 5) is 80.3. The molecule has 0 spiro atoms. The van der Waals surface area contributed by atoms with Crippen molar-refractivity contribution in [3.63, 3.8) is 0 Å². The van der Waals surface area contributed by atoms with Gasteiger partial charge >= 0.3 is 5.97 Å². The number of hydrogen-bond acceptors (Lipinski definition) is 8. The van der Waals surface area contributed by atoms with Crippen molar-refractivity contribution in [3.05, 3.63) is 75.4 Å². The van der Waals surface area contributed by atoms with Crippen LogP contribution in [0.1, 0.15) is 25.7 Å². The number of rotatable bonds is 13. The first-order valence-electron chi connectivity index (χ1n) is 12.6. The molecule has 2 heterocycles. The van der Waals surface area contributed by atoms with Gasteiger partial charge in [0.25, 0.3) is 23.6 Å². The normalized spacial score (nSPS) is 16.9. The van der Waals surface area contributed by atoms with Gasteiger partial charge in [-0.25, -0.2) is 0 Å². The summed E-state index contributed by atoms with van der Waals surface area (Å²) in [5, 5.41) is 9.01. The molecule has 0 radical (unpaired) electrons. The molecule has 0 aromatic heterocycles. The van der Waals surface area contributed by atoms with E-state index in [0.29, 0.717) is 0 Å². The number of carboxylic acid groups (broad SMARTS) is 1. The predicted octanol–water partition coefficient (Wildman–Crippen LogP) is 2.94. The van der Waals surface area contributed by atoms with Crippen LogP contribution in [0.25, 0.3) is 0 Å². The number of imide groups is 2. The lowest BCUT2D eigenvalue weighted by Crippen LogP contribution is -2.45. The number of carboxylic acids is 1. The van der Waals surface area contributed by atoms with Crippen molar-refractivity contribution in [1.82, 2.24) is 14.7 Å². The zero-order valence-corrected chi connectivity index (χ0v) is 23.1. The van der Waals surface area contributed by atoms with Crippen molar-refractivity contribution >= 4 is 59.0 Å². The number of allylic oxidation sites excluding steroid dienone is 3. The number of thioether (sulfide) groups is 2. The highest BCUT2D eigenvalue weighted by Crippen LogP contribution is 2.33. The summed E-state index contributed by atoms with van der Waals surface area (Å²) in [6.07, 6.45) is 9.49. The monoisotopic (exact) mass is 581 g/mol. The van der Waals surface area contributed by atoms with Crippen molar-refractivity contribution in [2.75, 3.05) is 26.2 Å². The summed E-state index contributed by atoms with van der Waals surface area (Å²) in [6.45, 7) is -0.371. The number of carbonyl (C=O) groups is 6.